The van der Waals surface area contributed by atoms with E-state index in [-0.39, 0.29) is 11.7 Å². The molecule has 0 fully saturated rings. The Labute approximate surface area is 104 Å². The van der Waals surface area contributed by atoms with E-state index in [1.807, 2.05) is 13.8 Å². The van der Waals surface area contributed by atoms with Crippen molar-refractivity contribution in [2.24, 2.45) is 0 Å². The highest BCUT2D eigenvalue weighted by Crippen LogP contribution is 2.19. The zero-order chi connectivity index (χ0) is 12.1. The van der Waals surface area contributed by atoms with Crippen molar-refractivity contribution in [1.82, 2.24) is 4.90 Å². The maximum absolute atomic E-state index is 12.9. The maximum atomic E-state index is 12.9. The van der Waals surface area contributed by atoms with Crippen molar-refractivity contribution in [2.75, 3.05) is 13.1 Å². The average Bonchev–Trinajstić information content (AvgIpc) is 2.25. The van der Waals surface area contributed by atoms with E-state index in [2.05, 4.69) is 15.9 Å². The van der Waals surface area contributed by atoms with Gasteiger partial charge in [-0.15, -0.1) is 0 Å². The molecule has 0 atom stereocenters. The Morgan fingerprint density at radius 3 is 2.62 bits per heavy atom. The number of hydrogen-bond donors (Lipinski definition) is 0. The summed E-state index contributed by atoms with van der Waals surface area (Å²) in [5.74, 6) is -0.404. The molecule has 0 aliphatic rings. The monoisotopic (exact) mass is 287 g/mol. The minimum Gasteiger partial charge on any atom is -0.339 e. The molecule has 1 aromatic rings. The molecule has 1 rings (SSSR count). The molecule has 0 heterocycles. The SMILES string of the molecule is CCCN(CC)C(=O)c1ccc(F)cc1Br. The predicted octanol–water partition coefficient (Wildman–Crippen LogP) is 3.46. The normalized spacial score (nSPS) is 10.2. The van der Waals surface area contributed by atoms with Crippen molar-refractivity contribution in [3.8, 4) is 0 Å². The quantitative estimate of drug-likeness (QED) is 0.831. The number of benzene rings is 1. The van der Waals surface area contributed by atoms with Crippen LogP contribution in [0.3, 0.4) is 0 Å². The summed E-state index contributed by atoms with van der Waals surface area (Å²) in [7, 11) is 0. The van der Waals surface area contributed by atoms with E-state index in [1.54, 1.807) is 4.90 Å². The molecule has 0 spiro atoms. The summed E-state index contributed by atoms with van der Waals surface area (Å²) < 4.78 is 13.4. The molecule has 0 aliphatic heterocycles. The smallest absolute Gasteiger partial charge is 0.254 e. The molecule has 0 aromatic heterocycles. The highest BCUT2D eigenvalue weighted by molar-refractivity contribution is 9.10. The van der Waals surface area contributed by atoms with Gasteiger partial charge in [-0.3, -0.25) is 4.79 Å². The summed E-state index contributed by atoms with van der Waals surface area (Å²) in [5, 5.41) is 0. The number of hydrogen-bond acceptors (Lipinski definition) is 1. The van der Waals surface area contributed by atoms with Crippen LogP contribution in [0, 0.1) is 5.82 Å². The van der Waals surface area contributed by atoms with E-state index in [0.717, 1.165) is 13.0 Å². The first-order valence-corrected chi connectivity index (χ1v) is 6.13. The van der Waals surface area contributed by atoms with Crippen LogP contribution < -0.4 is 0 Å². The van der Waals surface area contributed by atoms with E-state index >= 15 is 0 Å². The summed E-state index contributed by atoms with van der Waals surface area (Å²) in [5.41, 5.74) is 0.511. The Morgan fingerprint density at radius 2 is 2.12 bits per heavy atom. The first-order chi connectivity index (χ1) is 7.60. The van der Waals surface area contributed by atoms with Gasteiger partial charge in [0.25, 0.3) is 5.91 Å². The van der Waals surface area contributed by atoms with Gasteiger partial charge >= 0.3 is 0 Å². The second-order valence-electron chi connectivity index (χ2n) is 3.51. The van der Waals surface area contributed by atoms with Gasteiger partial charge in [0.15, 0.2) is 0 Å². The Morgan fingerprint density at radius 1 is 1.44 bits per heavy atom. The van der Waals surface area contributed by atoms with Crippen molar-refractivity contribution < 1.29 is 9.18 Å². The fourth-order valence-electron chi connectivity index (χ4n) is 1.51. The molecule has 2 nitrogen and oxygen atoms in total. The maximum Gasteiger partial charge on any atom is 0.254 e. The summed E-state index contributed by atoms with van der Waals surface area (Å²) in [6, 6.07) is 4.13. The lowest BCUT2D eigenvalue weighted by Gasteiger charge is -2.20. The van der Waals surface area contributed by atoms with Crippen molar-refractivity contribution >= 4 is 21.8 Å². The summed E-state index contributed by atoms with van der Waals surface area (Å²) >= 11 is 3.21. The number of amides is 1. The molecule has 0 saturated carbocycles. The highest BCUT2D eigenvalue weighted by atomic mass is 79.9. The standard InChI is InChI=1S/C12H15BrFNO/c1-3-7-15(4-2)12(16)10-6-5-9(14)8-11(10)13/h5-6,8H,3-4,7H2,1-2H3. The first-order valence-electron chi connectivity index (χ1n) is 5.34. The number of nitrogens with zero attached hydrogens (tertiary/aromatic N) is 1. The molecule has 0 N–H and O–H groups in total. The van der Waals surface area contributed by atoms with Crippen LogP contribution >= 0.6 is 15.9 Å². The van der Waals surface area contributed by atoms with Crippen LogP contribution in [0.15, 0.2) is 22.7 Å². The largest absolute Gasteiger partial charge is 0.339 e. The van der Waals surface area contributed by atoms with Crippen molar-refractivity contribution in [2.45, 2.75) is 20.3 Å². The molecule has 88 valence electrons. The zero-order valence-corrected chi connectivity index (χ0v) is 11.1. The van der Waals surface area contributed by atoms with Crippen LogP contribution in [0.25, 0.3) is 0 Å². The van der Waals surface area contributed by atoms with Crippen LogP contribution in [-0.4, -0.2) is 23.9 Å². The molecule has 0 radical (unpaired) electrons. The lowest BCUT2D eigenvalue weighted by atomic mass is 10.2. The van der Waals surface area contributed by atoms with E-state index in [9.17, 15) is 9.18 Å². The van der Waals surface area contributed by atoms with Gasteiger partial charge in [0, 0.05) is 17.6 Å². The zero-order valence-electron chi connectivity index (χ0n) is 9.46. The third kappa shape index (κ3) is 3.04. The fourth-order valence-corrected chi connectivity index (χ4v) is 2.03. The highest BCUT2D eigenvalue weighted by Gasteiger charge is 2.16. The first kappa shape index (κ1) is 13.2. The van der Waals surface area contributed by atoms with Gasteiger partial charge in [-0.25, -0.2) is 4.39 Å². The second kappa shape index (κ2) is 5.99. The predicted molar refractivity (Wildman–Crippen MR) is 66.0 cm³/mol. The van der Waals surface area contributed by atoms with Crippen LogP contribution in [0.2, 0.25) is 0 Å². The molecule has 0 bridgehead atoms. The van der Waals surface area contributed by atoms with Crippen molar-refractivity contribution in [1.29, 1.82) is 0 Å². The third-order valence-corrected chi connectivity index (χ3v) is 2.98. The topological polar surface area (TPSA) is 20.3 Å². The molecular formula is C12H15BrFNO. The fraction of sp³-hybridized carbons (Fsp3) is 0.417. The van der Waals surface area contributed by atoms with Crippen LogP contribution in [0.5, 0.6) is 0 Å². The Hall–Kier alpha value is -0.900. The number of halogens is 2. The van der Waals surface area contributed by atoms with E-state index in [4.69, 9.17) is 0 Å². The Kier molecular flexibility index (Phi) is 4.93. The summed E-state index contributed by atoms with van der Waals surface area (Å²) in [6.45, 7) is 5.34. The minimum atomic E-state index is -0.345. The molecule has 0 saturated heterocycles. The van der Waals surface area contributed by atoms with Gasteiger partial charge < -0.3 is 4.90 Å². The molecule has 0 unspecified atom stereocenters. The molecule has 0 aliphatic carbocycles. The lowest BCUT2D eigenvalue weighted by molar-refractivity contribution is 0.0763. The van der Waals surface area contributed by atoms with E-state index < -0.39 is 0 Å². The lowest BCUT2D eigenvalue weighted by Crippen LogP contribution is -2.31. The number of carbonyl (C=O) groups excluding carboxylic acids is 1. The average molecular weight is 288 g/mol. The van der Waals surface area contributed by atoms with E-state index in [0.29, 0.717) is 16.6 Å². The third-order valence-electron chi connectivity index (χ3n) is 2.32. The van der Waals surface area contributed by atoms with Crippen LogP contribution in [0.1, 0.15) is 30.6 Å². The van der Waals surface area contributed by atoms with Crippen molar-refractivity contribution in [3.63, 3.8) is 0 Å². The molecule has 16 heavy (non-hydrogen) atoms. The van der Waals surface area contributed by atoms with Gasteiger partial charge in [0.2, 0.25) is 0 Å². The van der Waals surface area contributed by atoms with E-state index in [1.165, 1.54) is 18.2 Å². The van der Waals surface area contributed by atoms with Crippen molar-refractivity contribution in [3.05, 3.63) is 34.1 Å². The summed E-state index contributed by atoms with van der Waals surface area (Å²) in [4.78, 5) is 13.8. The molecule has 1 aromatic carbocycles. The number of rotatable bonds is 4. The second-order valence-corrected chi connectivity index (χ2v) is 4.36. The van der Waals surface area contributed by atoms with Gasteiger partial charge in [-0.1, -0.05) is 6.92 Å². The minimum absolute atomic E-state index is 0.0591. The Bertz CT molecular complexity index is 381. The van der Waals surface area contributed by atoms with Gasteiger partial charge in [0.05, 0.1) is 5.56 Å². The number of carbonyl (C=O) groups is 1. The van der Waals surface area contributed by atoms with Gasteiger partial charge in [0.1, 0.15) is 5.82 Å². The Balaban J connectivity index is 2.94. The molecule has 4 heteroatoms. The molecular weight excluding hydrogens is 273 g/mol. The van der Waals surface area contributed by atoms with Crippen LogP contribution in [-0.2, 0) is 0 Å². The van der Waals surface area contributed by atoms with Crippen LogP contribution in [0.4, 0.5) is 4.39 Å². The van der Waals surface area contributed by atoms with Gasteiger partial charge in [-0.2, -0.15) is 0 Å². The summed E-state index contributed by atoms with van der Waals surface area (Å²) in [6.07, 6.45) is 0.915. The van der Waals surface area contributed by atoms with Gasteiger partial charge in [-0.05, 0) is 47.5 Å². The molecule has 1 amide bonds.